The summed E-state index contributed by atoms with van der Waals surface area (Å²) < 4.78 is 29.6. The molecule has 0 spiro atoms. The highest BCUT2D eigenvalue weighted by Gasteiger charge is 2.56. The second-order valence-electron chi connectivity index (χ2n) is 7.09. The summed E-state index contributed by atoms with van der Waals surface area (Å²) in [4.78, 5) is 19.8. The standard InChI is InChI=1S/C15H20N4O4S/c1-15(7-11(15)23-24(2,21)22)14-17-12-10(13(20)18-14)8-16-19(12)9-5-3-4-6-9/h8-9,11H,3-7H2,1-2H3,(H,17,18,20). The van der Waals surface area contributed by atoms with Gasteiger partial charge in [-0.3, -0.25) is 8.98 Å². The first-order valence-corrected chi connectivity index (χ1v) is 9.96. The molecular weight excluding hydrogens is 332 g/mol. The van der Waals surface area contributed by atoms with Crippen LogP contribution in [0.2, 0.25) is 0 Å². The minimum Gasteiger partial charge on any atom is -0.309 e. The summed E-state index contributed by atoms with van der Waals surface area (Å²) in [5, 5.41) is 4.84. The lowest BCUT2D eigenvalue weighted by Crippen LogP contribution is -2.22. The second kappa shape index (κ2) is 5.13. The van der Waals surface area contributed by atoms with E-state index in [0.717, 1.165) is 31.9 Å². The predicted molar refractivity (Wildman–Crippen MR) is 87.3 cm³/mol. The van der Waals surface area contributed by atoms with Gasteiger partial charge >= 0.3 is 0 Å². The molecule has 1 N–H and O–H groups in total. The zero-order valence-electron chi connectivity index (χ0n) is 13.7. The molecule has 9 heteroatoms. The van der Waals surface area contributed by atoms with Gasteiger partial charge in [-0.2, -0.15) is 13.5 Å². The normalized spacial score (nSPS) is 27.8. The van der Waals surface area contributed by atoms with Gasteiger partial charge in [0.05, 0.1) is 30.0 Å². The van der Waals surface area contributed by atoms with E-state index in [2.05, 4.69) is 15.1 Å². The highest BCUT2D eigenvalue weighted by Crippen LogP contribution is 2.49. The first kappa shape index (κ1) is 15.8. The Morgan fingerprint density at radius 1 is 1.38 bits per heavy atom. The number of aromatic amines is 1. The molecule has 2 aliphatic rings. The Bertz CT molecular complexity index is 957. The molecule has 2 aliphatic carbocycles. The zero-order valence-corrected chi connectivity index (χ0v) is 14.5. The number of H-pyrrole nitrogens is 1. The number of rotatable bonds is 4. The van der Waals surface area contributed by atoms with Crippen LogP contribution in [0.3, 0.4) is 0 Å². The van der Waals surface area contributed by atoms with Gasteiger partial charge in [0, 0.05) is 0 Å². The molecule has 0 radical (unpaired) electrons. The van der Waals surface area contributed by atoms with Gasteiger partial charge in [-0.1, -0.05) is 12.8 Å². The van der Waals surface area contributed by atoms with Crippen LogP contribution in [0.15, 0.2) is 11.0 Å². The number of nitrogens with zero attached hydrogens (tertiary/aromatic N) is 3. The van der Waals surface area contributed by atoms with Crippen LogP contribution in [-0.2, 0) is 19.7 Å². The van der Waals surface area contributed by atoms with Crippen LogP contribution < -0.4 is 5.56 Å². The van der Waals surface area contributed by atoms with Gasteiger partial charge < -0.3 is 4.98 Å². The summed E-state index contributed by atoms with van der Waals surface area (Å²) >= 11 is 0. The Kier molecular flexibility index (Phi) is 3.37. The number of hydrogen-bond acceptors (Lipinski definition) is 6. The van der Waals surface area contributed by atoms with E-state index in [0.29, 0.717) is 23.3 Å². The van der Waals surface area contributed by atoms with Gasteiger partial charge in [0.25, 0.3) is 15.7 Å². The van der Waals surface area contributed by atoms with E-state index in [-0.39, 0.29) is 11.6 Å². The Hall–Kier alpha value is -1.74. The summed E-state index contributed by atoms with van der Waals surface area (Å²) in [6, 6.07) is 0.278. The van der Waals surface area contributed by atoms with E-state index in [1.54, 1.807) is 6.20 Å². The van der Waals surface area contributed by atoms with Crippen molar-refractivity contribution in [3.05, 3.63) is 22.4 Å². The third-order valence-electron chi connectivity index (χ3n) is 5.13. The maximum atomic E-state index is 12.4. The van der Waals surface area contributed by atoms with Crippen molar-refractivity contribution in [3.8, 4) is 0 Å². The van der Waals surface area contributed by atoms with Gasteiger partial charge in [0.15, 0.2) is 5.65 Å². The van der Waals surface area contributed by atoms with E-state index in [1.165, 1.54) is 0 Å². The third-order valence-corrected chi connectivity index (χ3v) is 5.71. The maximum Gasteiger partial charge on any atom is 0.264 e. The van der Waals surface area contributed by atoms with Gasteiger partial charge in [-0.25, -0.2) is 9.67 Å². The minimum absolute atomic E-state index is 0.245. The fourth-order valence-electron chi connectivity index (χ4n) is 3.55. The predicted octanol–water partition coefficient (Wildman–Crippen LogP) is 1.24. The van der Waals surface area contributed by atoms with Crippen LogP contribution in [0.1, 0.15) is 50.9 Å². The second-order valence-corrected chi connectivity index (χ2v) is 8.69. The maximum absolute atomic E-state index is 12.4. The molecule has 0 aliphatic heterocycles. The molecule has 2 atom stereocenters. The Labute approximate surface area is 139 Å². The summed E-state index contributed by atoms with van der Waals surface area (Å²) in [6.07, 6.45) is 7.00. The van der Waals surface area contributed by atoms with Crippen LogP contribution >= 0.6 is 0 Å². The Morgan fingerprint density at radius 3 is 2.75 bits per heavy atom. The van der Waals surface area contributed by atoms with Crippen LogP contribution in [0, 0.1) is 0 Å². The van der Waals surface area contributed by atoms with Crippen molar-refractivity contribution in [3.63, 3.8) is 0 Å². The molecule has 24 heavy (non-hydrogen) atoms. The highest BCUT2D eigenvalue weighted by molar-refractivity contribution is 7.86. The van der Waals surface area contributed by atoms with Gasteiger partial charge in [-0.15, -0.1) is 0 Å². The van der Waals surface area contributed by atoms with Crippen LogP contribution in [-0.4, -0.2) is 40.5 Å². The average molecular weight is 352 g/mol. The summed E-state index contributed by atoms with van der Waals surface area (Å²) in [7, 11) is -3.54. The highest BCUT2D eigenvalue weighted by atomic mass is 32.2. The molecule has 2 heterocycles. The molecule has 2 unspecified atom stereocenters. The molecular formula is C15H20N4O4S. The van der Waals surface area contributed by atoms with E-state index in [1.807, 2.05) is 11.6 Å². The lowest BCUT2D eigenvalue weighted by molar-refractivity contribution is 0.281. The van der Waals surface area contributed by atoms with Crippen molar-refractivity contribution in [1.82, 2.24) is 19.7 Å². The first-order valence-electron chi connectivity index (χ1n) is 8.14. The average Bonchev–Trinajstić information content (AvgIpc) is 2.90. The quantitative estimate of drug-likeness (QED) is 0.830. The summed E-state index contributed by atoms with van der Waals surface area (Å²) in [6.45, 7) is 1.85. The van der Waals surface area contributed by atoms with Gasteiger partial charge in [-0.05, 0) is 26.2 Å². The van der Waals surface area contributed by atoms with Crippen LogP contribution in [0.25, 0.3) is 11.0 Å². The van der Waals surface area contributed by atoms with Gasteiger partial charge in [0.1, 0.15) is 11.2 Å². The SMILES string of the molecule is CC1(c2nc3c(cnn3C3CCCC3)c(=O)[nH]2)CC1OS(C)(=O)=O. The zero-order chi connectivity index (χ0) is 17.1. The number of nitrogens with one attached hydrogen (secondary N) is 1. The molecule has 0 bridgehead atoms. The Balaban J connectivity index is 1.75. The summed E-state index contributed by atoms with van der Waals surface area (Å²) in [5.74, 6) is 0.466. The Morgan fingerprint density at radius 2 is 2.08 bits per heavy atom. The van der Waals surface area contributed by atoms with Crippen LogP contribution in [0.5, 0.6) is 0 Å². The number of fused-ring (bicyclic) bond motifs is 1. The van der Waals surface area contributed by atoms with E-state index >= 15 is 0 Å². The molecule has 4 rings (SSSR count). The molecule has 130 valence electrons. The lowest BCUT2D eigenvalue weighted by atomic mass is 10.1. The van der Waals surface area contributed by atoms with Crippen molar-refractivity contribution in [1.29, 1.82) is 0 Å². The van der Waals surface area contributed by atoms with E-state index in [4.69, 9.17) is 4.18 Å². The van der Waals surface area contributed by atoms with Crippen molar-refractivity contribution < 1.29 is 12.6 Å². The van der Waals surface area contributed by atoms with Crippen molar-refractivity contribution in [2.75, 3.05) is 6.26 Å². The molecule has 2 saturated carbocycles. The lowest BCUT2D eigenvalue weighted by Gasteiger charge is -2.13. The van der Waals surface area contributed by atoms with Crippen LogP contribution in [0.4, 0.5) is 0 Å². The van der Waals surface area contributed by atoms with Crippen molar-refractivity contribution in [2.45, 2.75) is 56.6 Å². The van der Waals surface area contributed by atoms with Gasteiger partial charge in [0.2, 0.25) is 0 Å². The topological polar surface area (TPSA) is 107 Å². The molecule has 0 amide bonds. The van der Waals surface area contributed by atoms with E-state index in [9.17, 15) is 13.2 Å². The largest absolute Gasteiger partial charge is 0.309 e. The smallest absolute Gasteiger partial charge is 0.264 e. The monoisotopic (exact) mass is 352 g/mol. The number of hydrogen-bond donors (Lipinski definition) is 1. The fraction of sp³-hybridized carbons (Fsp3) is 0.667. The molecule has 2 aromatic rings. The molecule has 0 saturated heterocycles. The molecule has 2 fully saturated rings. The molecule has 8 nitrogen and oxygen atoms in total. The third kappa shape index (κ3) is 2.55. The fourth-order valence-corrected chi connectivity index (χ4v) is 4.25. The van der Waals surface area contributed by atoms with Crippen molar-refractivity contribution in [2.24, 2.45) is 0 Å². The molecule has 0 aromatic carbocycles. The first-order chi connectivity index (χ1) is 11.3. The summed E-state index contributed by atoms with van der Waals surface area (Å²) in [5.41, 5.74) is -0.265. The van der Waals surface area contributed by atoms with E-state index < -0.39 is 21.6 Å². The van der Waals surface area contributed by atoms with Crippen molar-refractivity contribution >= 4 is 21.2 Å². The number of aromatic nitrogens is 4. The molecule has 2 aromatic heterocycles. The minimum atomic E-state index is -3.54.